The molecule has 8 nitrogen and oxygen atoms in total. The van der Waals surface area contributed by atoms with Crippen LogP contribution in [0.1, 0.15) is 24.3 Å². The molecular weight excluding hydrogens is 348 g/mol. The molecule has 3 N–H and O–H groups in total. The summed E-state index contributed by atoms with van der Waals surface area (Å²) in [5.74, 6) is 0. The molecule has 0 aromatic carbocycles. The van der Waals surface area contributed by atoms with Crippen molar-refractivity contribution >= 4 is 15.9 Å². The zero-order valence-corrected chi connectivity index (χ0v) is 12.9. The second-order valence-electron chi connectivity index (χ2n) is 4.74. The lowest BCUT2D eigenvalue weighted by Gasteiger charge is -2.17. The zero-order chi connectivity index (χ0) is 15.6. The average Bonchev–Trinajstić information content (AvgIpc) is 2.83. The number of halogens is 1. The second-order valence-corrected chi connectivity index (χ2v) is 5.39. The predicted octanol–water partition coefficient (Wildman–Crippen LogP) is -0.740. The number of aliphatic hydroxyl groups is 2. The SMILES string of the molecule is CO[C@@H](CBr)c1cn([C@H]2C[C@H](O)[C@@H](CO)O2)c(=O)[nH]c1=O. The van der Waals surface area contributed by atoms with Crippen molar-refractivity contribution < 1.29 is 19.7 Å². The Hall–Kier alpha value is -1.00. The van der Waals surface area contributed by atoms with Crippen LogP contribution < -0.4 is 11.2 Å². The molecule has 0 spiro atoms. The van der Waals surface area contributed by atoms with Gasteiger partial charge in [0.25, 0.3) is 5.56 Å². The maximum Gasteiger partial charge on any atom is 0.330 e. The van der Waals surface area contributed by atoms with Crippen molar-refractivity contribution in [3.63, 3.8) is 0 Å². The Kier molecular flexibility index (Phi) is 5.33. The summed E-state index contributed by atoms with van der Waals surface area (Å²) >= 11 is 3.23. The number of aromatic nitrogens is 2. The van der Waals surface area contributed by atoms with Crippen LogP contribution in [0.3, 0.4) is 0 Å². The monoisotopic (exact) mass is 364 g/mol. The van der Waals surface area contributed by atoms with E-state index in [9.17, 15) is 14.7 Å². The first-order valence-corrected chi connectivity index (χ1v) is 7.52. The fourth-order valence-electron chi connectivity index (χ4n) is 2.27. The number of rotatable bonds is 5. The molecule has 0 bridgehead atoms. The molecule has 1 fully saturated rings. The Bertz CT molecular complexity index is 596. The maximum absolute atomic E-state index is 11.9. The minimum Gasteiger partial charge on any atom is -0.394 e. The average molecular weight is 365 g/mol. The Labute approximate surface area is 128 Å². The molecule has 0 aliphatic carbocycles. The highest BCUT2D eigenvalue weighted by atomic mass is 79.9. The fourth-order valence-corrected chi connectivity index (χ4v) is 2.88. The van der Waals surface area contributed by atoms with Gasteiger partial charge in [0.05, 0.1) is 24.4 Å². The van der Waals surface area contributed by atoms with Crippen LogP contribution in [0.15, 0.2) is 15.8 Å². The third kappa shape index (κ3) is 3.27. The fraction of sp³-hybridized carbons (Fsp3) is 0.667. The van der Waals surface area contributed by atoms with Crippen LogP contribution in [0.4, 0.5) is 0 Å². The lowest BCUT2D eigenvalue weighted by atomic mass is 10.2. The molecule has 0 unspecified atom stereocenters. The third-order valence-electron chi connectivity index (χ3n) is 3.46. The van der Waals surface area contributed by atoms with E-state index in [1.165, 1.54) is 17.9 Å². The van der Waals surface area contributed by atoms with E-state index >= 15 is 0 Å². The molecule has 2 heterocycles. The first-order chi connectivity index (χ1) is 10.0. The molecule has 21 heavy (non-hydrogen) atoms. The van der Waals surface area contributed by atoms with E-state index in [0.717, 1.165) is 0 Å². The van der Waals surface area contributed by atoms with Gasteiger partial charge in [-0.05, 0) is 0 Å². The standard InChI is InChI=1S/C12H17BrN2O6/c1-20-8(3-13)6-4-15(12(19)14-11(6)18)10-2-7(17)9(5-16)21-10/h4,7-10,16-17H,2-3,5H2,1H3,(H,14,18,19)/t7-,8-,9+,10+/m0/s1. The molecule has 1 aromatic rings. The van der Waals surface area contributed by atoms with Gasteiger partial charge in [-0.25, -0.2) is 4.79 Å². The number of hydrogen-bond donors (Lipinski definition) is 3. The van der Waals surface area contributed by atoms with Crippen LogP contribution in [-0.4, -0.2) is 51.0 Å². The molecule has 9 heteroatoms. The van der Waals surface area contributed by atoms with E-state index in [4.69, 9.17) is 14.6 Å². The summed E-state index contributed by atoms with van der Waals surface area (Å²) in [6.45, 7) is -0.343. The number of methoxy groups -OCH3 is 1. The van der Waals surface area contributed by atoms with E-state index in [-0.39, 0.29) is 18.6 Å². The highest BCUT2D eigenvalue weighted by Gasteiger charge is 2.35. The lowest BCUT2D eigenvalue weighted by Crippen LogP contribution is -2.35. The second kappa shape index (κ2) is 6.84. The molecule has 1 saturated heterocycles. The highest BCUT2D eigenvalue weighted by Crippen LogP contribution is 2.27. The van der Waals surface area contributed by atoms with Crippen molar-refractivity contribution in [2.75, 3.05) is 19.0 Å². The van der Waals surface area contributed by atoms with Gasteiger partial charge in [-0.3, -0.25) is 14.3 Å². The number of aromatic amines is 1. The van der Waals surface area contributed by atoms with E-state index in [2.05, 4.69) is 20.9 Å². The van der Waals surface area contributed by atoms with Gasteiger partial charge in [0.15, 0.2) is 0 Å². The maximum atomic E-state index is 11.9. The Morgan fingerprint density at radius 2 is 2.33 bits per heavy atom. The summed E-state index contributed by atoms with van der Waals surface area (Å²) in [6.07, 6.45) is -1.34. The van der Waals surface area contributed by atoms with Crippen molar-refractivity contribution in [1.82, 2.24) is 9.55 Å². The number of nitrogens with one attached hydrogen (secondary N) is 1. The van der Waals surface area contributed by atoms with Crippen molar-refractivity contribution in [3.8, 4) is 0 Å². The predicted molar refractivity (Wildman–Crippen MR) is 76.5 cm³/mol. The molecule has 0 amide bonds. The van der Waals surface area contributed by atoms with E-state index in [1.807, 2.05) is 0 Å². The number of nitrogens with zero attached hydrogens (tertiary/aromatic N) is 1. The first kappa shape index (κ1) is 16.4. The van der Waals surface area contributed by atoms with Crippen molar-refractivity contribution in [2.24, 2.45) is 0 Å². The molecule has 4 atom stereocenters. The van der Waals surface area contributed by atoms with E-state index in [0.29, 0.717) is 5.33 Å². The van der Waals surface area contributed by atoms with Gasteiger partial charge in [-0.15, -0.1) is 0 Å². The lowest BCUT2D eigenvalue weighted by molar-refractivity contribution is -0.0461. The molecule has 1 aliphatic rings. The minimum atomic E-state index is -0.864. The number of hydrogen-bond acceptors (Lipinski definition) is 6. The van der Waals surface area contributed by atoms with Crippen molar-refractivity contribution in [3.05, 3.63) is 32.6 Å². The number of H-pyrrole nitrogens is 1. The summed E-state index contributed by atoms with van der Waals surface area (Å²) in [5, 5.41) is 19.2. The smallest absolute Gasteiger partial charge is 0.330 e. The van der Waals surface area contributed by atoms with Crippen LogP contribution in [0.25, 0.3) is 0 Å². The Morgan fingerprint density at radius 3 is 2.86 bits per heavy atom. The number of ether oxygens (including phenoxy) is 2. The van der Waals surface area contributed by atoms with Crippen LogP contribution in [0.5, 0.6) is 0 Å². The van der Waals surface area contributed by atoms with Gasteiger partial charge in [-0.2, -0.15) is 0 Å². The molecule has 0 radical (unpaired) electrons. The van der Waals surface area contributed by atoms with Gasteiger partial charge >= 0.3 is 5.69 Å². The summed E-state index contributed by atoms with van der Waals surface area (Å²) < 4.78 is 11.8. The summed E-state index contributed by atoms with van der Waals surface area (Å²) in [4.78, 5) is 26.0. The van der Waals surface area contributed by atoms with E-state index < -0.39 is 35.8 Å². The zero-order valence-electron chi connectivity index (χ0n) is 11.4. The van der Waals surface area contributed by atoms with Gasteiger partial charge in [0.2, 0.25) is 0 Å². The van der Waals surface area contributed by atoms with Crippen molar-refractivity contribution in [2.45, 2.75) is 31.0 Å². The molecular formula is C12H17BrN2O6. The van der Waals surface area contributed by atoms with Crippen LogP contribution in [0, 0.1) is 0 Å². The van der Waals surface area contributed by atoms with E-state index in [1.54, 1.807) is 0 Å². The topological polar surface area (TPSA) is 114 Å². The van der Waals surface area contributed by atoms with Gasteiger partial charge in [0, 0.05) is 25.1 Å². The van der Waals surface area contributed by atoms with Gasteiger partial charge < -0.3 is 19.7 Å². The minimum absolute atomic E-state index is 0.155. The molecule has 0 saturated carbocycles. The van der Waals surface area contributed by atoms with Crippen LogP contribution in [-0.2, 0) is 9.47 Å². The largest absolute Gasteiger partial charge is 0.394 e. The summed E-state index contributed by atoms with van der Waals surface area (Å²) in [5.41, 5.74) is -0.886. The van der Waals surface area contributed by atoms with Gasteiger partial charge in [0.1, 0.15) is 12.3 Å². The number of alkyl halides is 1. The van der Waals surface area contributed by atoms with Crippen molar-refractivity contribution in [1.29, 1.82) is 0 Å². The summed E-state index contributed by atoms with van der Waals surface area (Å²) in [6, 6.07) is 0. The molecule has 1 aromatic heterocycles. The van der Waals surface area contributed by atoms with Crippen LogP contribution >= 0.6 is 15.9 Å². The summed E-state index contributed by atoms with van der Waals surface area (Å²) in [7, 11) is 1.46. The first-order valence-electron chi connectivity index (χ1n) is 6.40. The van der Waals surface area contributed by atoms with Crippen LogP contribution in [0.2, 0.25) is 0 Å². The normalized spacial score (nSPS) is 27.0. The third-order valence-corrected chi connectivity index (χ3v) is 4.05. The molecule has 118 valence electrons. The highest BCUT2D eigenvalue weighted by molar-refractivity contribution is 9.09. The number of aliphatic hydroxyl groups excluding tert-OH is 2. The van der Waals surface area contributed by atoms with Gasteiger partial charge in [-0.1, -0.05) is 15.9 Å². The molecule has 2 rings (SSSR count). The quantitative estimate of drug-likeness (QED) is 0.593. The Balaban J connectivity index is 2.39. The Morgan fingerprint density at radius 1 is 1.62 bits per heavy atom. The molecule has 1 aliphatic heterocycles.